The Hall–Kier alpha value is -1.41. The predicted molar refractivity (Wildman–Crippen MR) is 56.7 cm³/mol. The highest BCUT2D eigenvalue weighted by atomic mass is 35.5. The average Bonchev–Trinajstić information content (AvgIpc) is 2.28. The van der Waals surface area contributed by atoms with E-state index in [0.29, 0.717) is 5.56 Å². The molecular weight excluding hydrogens is 255 g/mol. The van der Waals surface area contributed by atoms with Crippen LogP contribution in [0, 0.1) is 11.3 Å². The monoisotopic (exact) mass is 263 g/mol. The van der Waals surface area contributed by atoms with E-state index in [1.165, 1.54) is 19.1 Å². The number of halogens is 4. The van der Waals surface area contributed by atoms with Gasteiger partial charge in [0, 0.05) is 5.88 Å². The molecule has 0 N–H and O–H groups in total. The third kappa shape index (κ3) is 3.53. The van der Waals surface area contributed by atoms with E-state index in [4.69, 9.17) is 21.6 Å². The topological polar surface area (TPSA) is 33.0 Å². The number of alkyl halides is 4. The molecular formula is C11H9ClF3NO. The maximum Gasteiger partial charge on any atom is 0.419 e. The largest absolute Gasteiger partial charge is 0.475 e. The zero-order valence-electron chi connectivity index (χ0n) is 8.88. The number of ether oxygens (including phenoxy) is 1. The van der Waals surface area contributed by atoms with Gasteiger partial charge in [0.15, 0.2) is 6.10 Å². The van der Waals surface area contributed by atoms with Crippen LogP contribution in [0.4, 0.5) is 13.2 Å². The van der Waals surface area contributed by atoms with E-state index in [1.54, 1.807) is 6.07 Å². The van der Waals surface area contributed by atoms with Gasteiger partial charge in [-0.3, -0.25) is 0 Å². The SMILES string of the molecule is CC(C#N)Oc1ccc(CCl)cc1C(F)(F)F. The van der Waals surface area contributed by atoms with Gasteiger partial charge >= 0.3 is 6.18 Å². The molecule has 0 amide bonds. The summed E-state index contributed by atoms with van der Waals surface area (Å²) in [6.07, 6.45) is -5.48. The Labute approximate surface area is 102 Å². The summed E-state index contributed by atoms with van der Waals surface area (Å²) < 4.78 is 43.0. The lowest BCUT2D eigenvalue weighted by atomic mass is 10.1. The maximum atomic E-state index is 12.7. The Bertz CT molecular complexity index is 439. The number of hydrogen-bond donors (Lipinski definition) is 0. The van der Waals surface area contributed by atoms with Crippen molar-refractivity contribution in [3.63, 3.8) is 0 Å². The molecule has 0 aliphatic carbocycles. The van der Waals surface area contributed by atoms with Gasteiger partial charge in [-0.15, -0.1) is 11.6 Å². The van der Waals surface area contributed by atoms with E-state index in [9.17, 15) is 13.2 Å². The van der Waals surface area contributed by atoms with Gasteiger partial charge in [-0.2, -0.15) is 18.4 Å². The predicted octanol–water partition coefficient (Wildman–Crippen LogP) is 3.74. The van der Waals surface area contributed by atoms with Crippen molar-refractivity contribution >= 4 is 11.6 Å². The van der Waals surface area contributed by atoms with Gasteiger partial charge in [0.25, 0.3) is 0 Å². The molecule has 0 spiro atoms. The lowest BCUT2D eigenvalue weighted by Gasteiger charge is -2.15. The molecule has 0 bridgehead atoms. The van der Waals surface area contributed by atoms with Gasteiger partial charge in [0.2, 0.25) is 0 Å². The van der Waals surface area contributed by atoms with Crippen molar-refractivity contribution in [2.45, 2.75) is 25.1 Å². The van der Waals surface area contributed by atoms with E-state index in [2.05, 4.69) is 0 Å². The van der Waals surface area contributed by atoms with Crippen molar-refractivity contribution in [2.24, 2.45) is 0 Å². The highest BCUT2D eigenvalue weighted by molar-refractivity contribution is 6.17. The molecule has 0 aliphatic heterocycles. The Balaban J connectivity index is 3.17. The second-order valence-corrected chi connectivity index (χ2v) is 3.62. The van der Waals surface area contributed by atoms with Crippen molar-refractivity contribution in [3.05, 3.63) is 29.3 Å². The first kappa shape index (κ1) is 13.7. The summed E-state index contributed by atoms with van der Waals surface area (Å²) in [6, 6.07) is 5.24. The fourth-order valence-corrected chi connectivity index (χ4v) is 1.37. The van der Waals surface area contributed by atoms with Crippen molar-refractivity contribution < 1.29 is 17.9 Å². The molecule has 0 saturated carbocycles. The summed E-state index contributed by atoms with van der Waals surface area (Å²) in [4.78, 5) is 0. The Kier molecular flexibility index (Phi) is 4.24. The Morgan fingerprint density at radius 3 is 2.59 bits per heavy atom. The zero-order valence-corrected chi connectivity index (χ0v) is 9.64. The minimum atomic E-state index is -4.54. The number of nitrogens with zero attached hydrogens (tertiary/aromatic N) is 1. The van der Waals surface area contributed by atoms with Crippen LogP contribution in [-0.2, 0) is 12.1 Å². The molecule has 0 heterocycles. The molecule has 1 aromatic carbocycles. The Morgan fingerprint density at radius 2 is 2.12 bits per heavy atom. The van der Waals surface area contributed by atoms with E-state index < -0.39 is 17.8 Å². The first-order chi connectivity index (χ1) is 7.88. The van der Waals surface area contributed by atoms with E-state index in [1.807, 2.05) is 0 Å². The second kappa shape index (κ2) is 5.28. The van der Waals surface area contributed by atoms with Crippen LogP contribution in [0.15, 0.2) is 18.2 Å². The maximum absolute atomic E-state index is 12.7. The molecule has 1 aromatic rings. The van der Waals surface area contributed by atoms with Crippen LogP contribution >= 0.6 is 11.6 Å². The lowest BCUT2D eigenvalue weighted by Crippen LogP contribution is -2.14. The highest BCUT2D eigenvalue weighted by Crippen LogP contribution is 2.37. The highest BCUT2D eigenvalue weighted by Gasteiger charge is 2.35. The van der Waals surface area contributed by atoms with Gasteiger partial charge in [-0.25, -0.2) is 0 Å². The summed E-state index contributed by atoms with van der Waals surface area (Å²) in [7, 11) is 0. The van der Waals surface area contributed by atoms with Crippen LogP contribution in [0.3, 0.4) is 0 Å². The number of nitriles is 1. The molecule has 17 heavy (non-hydrogen) atoms. The average molecular weight is 264 g/mol. The summed E-state index contributed by atoms with van der Waals surface area (Å²) in [6.45, 7) is 1.37. The second-order valence-electron chi connectivity index (χ2n) is 3.35. The molecule has 0 aliphatic rings. The van der Waals surface area contributed by atoms with Gasteiger partial charge in [-0.05, 0) is 24.6 Å². The van der Waals surface area contributed by atoms with Gasteiger partial charge in [-0.1, -0.05) is 6.07 Å². The summed E-state index contributed by atoms with van der Waals surface area (Å²) in [5.74, 6) is -0.377. The van der Waals surface area contributed by atoms with E-state index in [-0.39, 0.29) is 11.6 Å². The fraction of sp³-hybridized carbons (Fsp3) is 0.364. The lowest BCUT2D eigenvalue weighted by molar-refractivity contribution is -0.139. The molecule has 92 valence electrons. The van der Waals surface area contributed by atoms with Crippen molar-refractivity contribution in [1.82, 2.24) is 0 Å². The molecule has 1 unspecified atom stereocenters. The molecule has 0 aromatic heterocycles. The third-order valence-electron chi connectivity index (χ3n) is 1.99. The molecule has 0 radical (unpaired) electrons. The minimum absolute atomic E-state index is 0.0167. The first-order valence-corrected chi connectivity index (χ1v) is 5.24. The van der Waals surface area contributed by atoms with E-state index >= 15 is 0 Å². The molecule has 0 fully saturated rings. The van der Waals surface area contributed by atoms with Crippen LogP contribution < -0.4 is 4.74 Å². The van der Waals surface area contributed by atoms with Gasteiger partial charge < -0.3 is 4.74 Å². The fourth-order valence-electron chi connectivity index (χ4n) is 1.20. The van der Waals surface area contributed by atoms with Crippen molar-refractivity contribution in [3.8, 4) is 11.8 Å². The summed E-state index contributed by atoms with van der Waals surface area (Å²) in [5, 5.41) is 8.51. The van der Waals surface area contributed by atoms with Crippen LogP contribution in [0.2, 0.25) is 0 Å². The van der Waals surface area contributed by atoms with Crippen molar-refractivity contribution in [1.29, 1.82) is 5.26 Å². The standard InChI is InChI=1S/C11H9ClF3NO/c1-7(6-16)17-10-3-2-8(5-12)4-9(10)11(13,14)15/h2-4,7H,5H2,1H3. The normalized spacial score (nSPS) is 12.9. The van der Waals surface area contributed by atoms with Crippen molar-refractivity contribution in [2.75, 3.05) is 0 Å². The zero-order chi connectivity index (χ0) is 13.1. The molecule has 1 atom stereocenters. The van der Waals surface area contributed by atoms with Gasteiger partial charge in [0.05, 0.1) is 5.56 Å². The summed E-state index contributed by atoms with van der Waals surface area (Å²) in [5.41, 5.74) is -0.575. The Morgan fingerprint density at radius 1 is 1.47 bits per heavy atom. The molecule has 1 rings (SSSR count). The minimum Gasteiger partial charge on any atom is -0.475 e. The van der Waals surface area contributed by atoms with Crippen LogP contribution in [0.5, 0.6) is 5.75 Å². The quantitative estimate of drug-likeness (QED) is 0.779. The van der Waals surface area contributed by atoms with Crippen LogP contribution in [-0.4, -0.2) is 6.10 Å². The number of benzene rings is 1. The van der Waals surface area contributed by atoms with Crippen LogP contribution in [0.25, 0.3) is 0 Å². The first-order valence-electron chi connectivity index (χ1n) is 4.71. The smallest absolute Gasteiger partial charge is 0.419 e. The number of hydrogen-bond acceptors (Lipinski definition) is 2. The molecule has 2 nitrogen and oxygen atoms in total. The molecule has 6 heteroatoms. The molecule has 0 saturated heterocycles. The summed E-state index contributed by atoms with van der Waals surface area (Å²) >= 11 is 5.47. The third-order valence-corrected chi connectivity index (χ3v) is 2.30. The van der Waals surface area contributed by atoms with E-state index in [0.717, 1.165) is 6.07 Å². The van der Waals surface area contributed by atoms with Crippen LogP contribution in [0.1, 0.15) is 18.1 Å². The van der Waals surface area contributed by atoms with Gasteiger partial charge in [0.1, 0.15) is 11.8 Å². The number of rotatable bonds is 3.